The van der Waals surface area contributed by atoms with Crippen molar-refractivity contribution in [2.45, 2.75) is 173 Å². The van der Waals surface area contributed by atoms with E-state index in [1.165, 1.54) is 64.2 Å². The monoisotopic (exact) mass is 540 g/mol. The number of ether oxygens (including phenoxy) is 2. The topological polar surface area (TPSA) is 105 Å². The van der Waals surface area contributed by atoms with Crippen molar-refractivity contribution < 1.29 is 19.1 Å². The normalized spacial score (nSPS) is 11.6. The fourth-order valence-electron chi connectivity index (χ4n) is 4.98. The molecule has 0 aliphatic rings. The Morgan fingerprint density at radius 2 is 0.895 bits per heavy atom. The maximum absolute atomic E-state index is 12.2. The molecule has 0 radical (unpaired) electrons. The lowest BCUT2D eigenvalue weighted by Gasteiger charge is -2.30. The van der Waals surface area contributed by atoms with Crippen molar-refractivity contribution in [1.82, 2.24) is 0 Å². The number of hydrogen-bond acceptors (Lipinski definition) is 6. The van der Waals surface area contributed by atoms with Crippen LogP contribution in [0, 0.1) is 0 Å². The van der Waals surface area contributed by atoms with Gasteiger partial charge in [-0.05, 0) is 57.9 Å². The van der Waals surface area contributed by atoms with Crippen molar-refractivity contribution in [3.05, 3.63) is 0 Å². The second kappa shape index (κ2) is 27.4. The molecule has 6 nitrogen and oxygen atoms in total. The van der Waals surface area contributed by atoms with E-state index in [0.717, 1.165) is 77.0 Å². The molecule has 226 valence electrons. The van der Waals surface area contributed by atoms with Crippen LogP contribution in [0.25, 0.3) is 0 Å². The number of carbonyl (C=O) groups is 2. The zero-order valence-corrected chi connectivity index (χ0v) is 25.4. The van der Waals surface area contributed by atoms with Gasteiger partial charge >= 0.3 is 11.9 Å². The Morgan fingerprint density at radius 3 is 1.32 bits per heavy atom. The Bertz CT molecular complexity index is 504. The Balaban J connectivity index is 4.13. The quantitative estimate of drug-likeness (QED) is 0.0733. The molecule has 0 heterocycles. The molecule has 38 heavy (non-hydrogen) atoms. The van der Waals surface area contributed by atoms with Crippen molar-refractivity contribution in [1.29, 1.82) is 0 Å². The predicted molar refractivity (Wildman–Crippen MR) is 160 cm³/mol. The minimum Gasteiger partial charge on any atom is -0.466 e. The van der Waals surface area contributed by atoms with Crippen LogP contribution in [0.5, 0.6) is 0 Å². The molecule has 0 aromatic heterocycles. The summed E-state index contributed by atoms with van der Waals surface area (Å²) in [5, 5.41) is 0. The van der Waals surface area contributed by atoms with E-state index < -0.39 is 0 Å². The zero-order chi connectivity index (χ0) is 28.2. The number of nitrogens with two attached hydrogens (primary N) is 2. The van der Waals surface area contributed by atoms with Gasteiger partial charge in [-0.25, -0.2) is 0 Å². The van der Waals surface area contributed by atoms with Crippen LogP contribution >= 0.6 is 0 Å². The van der Waals surface area contributed by atoms with Gasteiger partial charge in [-0.1, -0.05) is 104 Å². The van der Waals surface area contributed by atoms with Crippen LogP contribution in [0.3, 0.4) is 0 Å². The first-order valence-electron chi connectivity index (χ1n) is 16.3. The lowest BCUT2D eigenvalue weighted by Crippen LogP contribution is -2.40. The number of carbonyl (C=O) groups excluding carboxylic acids is 2. The van der Waals surface area contributed by atoms with Crippen molar-refractivity contribution in [2.24, 2.45) is 11.5 Å². The summed E-state index contributed by atoms with van der Waals surface area (Å²) < 4.78 is 10.9. The highest BCUT2D eigenvalue weighted by Crippen LogP contribution is 2.25. The summed E-state index contributed by atoms with van der Waals surface area (Å²) in [4.78, 5) is 24.4. The highest BCUT2D eigenvalue weighted by molar-refractivity contribution is 5.69. The molecule has 0 aromatic carbocycles. The second-order valence-electron chi connectivity index (χ2n) is 11.4. The second-order valence-corrected chi connectivity index (χ2v) is 11.4. The molecule has 4 N–H and O–H groups in total. The van der Waals surface area contributed by atoms with Gasteiger partial charge in [-0.3, -0.25) is 9.59 Å². The Labute approximate surface area is 235 Å². The number of hydrogen-bond donors (Lipinski definition) is 2. The summed E-state index contributed by atoms with van der Waals surface area (Å²) in [6, 6.07) is 0. The molecule has 0 atom stereocenters. The van der Waals surface area contributed by atoms with Gasteiger partial charge in [0.15, 0.2) is 0 Å². The first-order valence-corrected chi connectivity index (χ1v) is 16.3. The van der Waals surface area contributed by atoms with Crippen LogP contribution in [0.15, 0.2) is 0 Å². The van der Waals surface area contributed by atoms with Crippen LogP contribution in [-0.2, 0) is 19.1 Å². The molecule has 0 amide bonds. The van der Waals surface area contributed by atoms with Crippen LogP contribution in [-0.4, -0.2) is 37.2 Å². The molecule has 0 bridgehead atoms. The standard InChI is InChI=1S/C32H64N2O4/c1-3-5-7-9-11-13-18-28-37-30(35)22-20-25-32(34,24-16-15-17-27-33)26-21-23-31(36)38-29-19-14-12-10-8-6-4-2/h3-29,33-34H2,1-2H3. The van der Waals surface area contributed by atoms with E-state index >= 15 is 0 Å². The SMILES string of the molecule is CCCCCCCCCOC(=O)CCCC(N)(CCCCCN)CCCC(=O)OCCCCCCCCC. The molecule has 0 unspecified atom stereocenters. The van der Waals surface area contributed by atoms with E-state index in [1.807, 2.05) is 0 Å². The smallest absolute Gasteiger partial charge is 0.305 e. The molecule has 0 fully saturated rings. The van der Waals surface area contributed by atoms with Crippen molar-refractivity contribution in [3.63, 3.8) is 0 Å². The van der Waals surface area contributed by atoms with E-state index in [9.17, 15) is 9.59 Å². The van der Waals surface area contributed by atoms with Crippen LogP contribution in [0.1, 0.15) is 168 Å². The maximum atomic E-state index is 12.2. The molecule has 6 heteroatoms. The lowest BCUT2D eigenvalue weighted by atomic mass is 9.83. The average Bonchev–Trinajstić information content (AvgIpc) is 2.90. The van der Waals surface area contributed by atoms with Gasteiger partial charge in [-0.2, -0.15) is 0 Å². The Hall–Kier alpha value is -1.14. The Kier molecular flexibility index (Phi) is 26.6. The maximum Gasteiger partial charge on any atom is 0.305 e. The summed E-state index contributed by atoms with van der Waals surface area (Å²) in [6.07, 6.45) is 24.8. The third-order valence-corrected chi connectivity index (χ3v) is 7.51. The highest BCUT2D eigenvalue weighted by Gasteiger charge is 2.24. The first kappa shape index (κ1) is 36.9. The number of unbranched alkanes of at least 4 members (excludes halogenated alkanes) is 14. The van der Waals surface area contributed by atoms with E-state index in [1.54, 1.807) is 0 Å². The van der Waals surface area contributed by atoms with Gasteiger partial charge in [0.25, 0.3) is 0 Å². The van der Waals surface area contributed by atoms with Crippen LogP contribution in [0.2, 0.25) is 0 Å². The molecule has 0 saturated carbocycles. The van der Waals surface area contributed by atoms with Crippen LogP contribution < -0.4 is 11.5 Å². The van der Waals surface area contributed by atoms with Gasteiger partial charge < -0.3 is 20.9 Å². The van der Waals surface area contributed by atoms with Gasteiger partial charge in [-0.15, -0.1) is 0 Å². The molecule has 0 rings (SSSR count). The summed E-state index contributed by atoms with van der Waals surface area (Å²) in [7, 11) is 0. The molecular formula is C32H64N2O4. The molecule has 0 aliphatic carbocycles. The van der Waals surface area contributed by atoms with Crippen molar-refractivity contribution >= 4 is 11.9 Å². The van der Waals surface area contributed by atoms with Gasteiger partial charge in [0.1, 0.15) is 0 Å². The number of esters is 2. The van der Waals surface area contributed by atoms with Crippen molar-refractivity contribution in [3.8, 4) is 0 Å². The van der Waals surface area contributed by atoms with Gasteiger partial charge in [0.2, 0.25) is 0 Å². The summed E-state index contributed by atoms with van der Waals surface area (Å²) in [5.74, 6) is -0.231. The minimum absolute atomic E-state index is 0.115. The first-order chi connectivity index (χ1) is 18.5. The lowest BCUT2D eigenvalue weighted by molar-refractivity contribution is -0.144. The molecule has 0 aromatic rings. The van der Waals surface area contributed by atoms with E-state index in [4.69, 9.17) is 20.9 Å². The molecule has 0 saturated heterocycles. The molecule has 0 spiro atoms. The largest absolute Gasteiger partial charge is 0.466 e. The van der Waals surface area contributed by atoms with Gasteiger partial charge in [0.05, 0.1) is 13.2 Å². The third-order valence-electron chi connectivity index (χ3n) is 7.51. The number of rotatable bonds is 29. The fraction of sp³-hybridized carbons (Fsp3) is 0.938. The minimum atomic E-state index is -0.355. The molecular weight excluding hydrogens is 476 g/mol. The third kappa shape index (κ3) is 25.2. The summed E-state index contributed by atoms with van der Waals surface area (Å²) in [6.45, 7) is 6.21. The van der Waals surface area contributed by atoms with E-state index in [-0.39, 0.29) is 17.5 Å². The summed E-state index contributed by atoms with van der Waals surface area (Å²) in [5.41, 5.74) is 12.1. The molecule has 0 aliphatic heterocycles. The average molecular weight is 541 g/mol. The Morgan fingerprint density at radius 1 is 0.526 bits per heavy atom. The fourth-order valence-corrected chi connectivity index (χ4v) is 4.98. The van der Waals surface area contributed by atoms with Gasteiger partial charge in [0, 0.05) is 18.4 Å². The predicted octanol–water partition coefficient (Wildman–Crippen LogP) is 8.13. The summed E-state index contributed by atoms with van der Waals surface area (Å²) >= 11 is 0. The highest BCUT2D eigenvalue weighted by atomic mass is 16.5. The van der Waals surface area contributed by atoms with Crippen molar-refractivity contribution in [2.75, 3.05) is 19.8 Å². The van der Waals surface area contributed by atoms with Crippen LogP contribution in [0.4, 0.5) is 0 Å². The van der Waals surface area contributed by atoms with E-state index in [2.05, 4.69) is 13.8 Å². The van der Waals surface area contributed by atoms with E-state index in [0.29, 0.717) is 32.6 Å². The zero-order valence-electron chi connectivity index (χ0n) is 25.4.